The molecule has 0 fully saturated rings. The molecule has 0 unspecified atom stereocenters. The number of aromatic nitrogens is 1. The second-order valence-corrected chi connectivity index (χ2v) is 8.93. The van der Waals surface area contributed by atoms with Gasteiger partial charge in [0.15, 0.2) is 5.13 Å². The Kier molecular flexibility index (Phi) is 5.10. The summed E-state index contributed by atoms with van der Waals surface area (Å²) in [7, 11) is -0.402. The van der Waals surface area contributed by atoms with Crippen molar-refractivity contribution in [3.63, 3.8) is 0 Å². The van der Waals surface area contributed by atoms with Crippen LogP contribution in [0.3, 0.4) is 0 Å². The number of anilines is 2. The summed E-state index contributed by atoms with van der Waals surface area (Å²) >= 11 is 7.44. The van der Waals surface area contributed by atoms with Crippen molar-refractivity contribution < 1.29 is 8.42 Å². The molecule has 0 radical (unpaired) electrons. The predicted molar refractivity (Wildman–Crippen MR) is 103 cm³/mol. The van der Waals surface area contributed by atoms with Gasteiger partial charge in [-0.05, 0) is 30.3 Å². The molecule has 0 atom stereocenters. The molecule has 1 heterocycles. The lowest BCUT2D eigenvalue weighted by Crippen LogP contribution is -2.22. The van der Waals surface area contributed by atoms with Crippen LogP contribution in [0, 0.1) is 0 Å². The number of rotatable bonds is 5. The fraction of sp³-hybridized carbons (Fsp3) is 0.118. The maximum absolute atomic E-state index is 12.1. The maximum Gasteiger partial charge on any atom is 0.242 e. The topological polar surface area (TPSA) is 62.3 Å². The van der Waals surface area contributed by atoms with Crippen LogP contribution in [-0.2, 0) is 10.0 Å². The summed E-state index contributed by atoms with van der Waals surface area (Å²) in [5, 5.41) is 6.52. The SMILES string of the molecule is CN(C)S(=O)(=O)c1ccc(-c2csc(Nc3cccc(Cl)c3)n2)cc1. The van der Waals surface area contributed by atoms with E-state index in [0.29, 0.717) is 5.02 Å². The van der Waals surface area contributed by atoms with Gasteiger partial charge >= 0.3 is 0 Å². The predicted octanol–water partition coefficient (Wildman–Crippen LogP) is 4.46. The summed E-state index contributed by atoms with van der Waals surface area (Å²) in [5.41, 5.74) is 2.50. The number of halogens is 1. The molecule has 1 aromatic heterocycles. The summed E-state index contributed by atoms with van der Waals surface area (Å²) in [6.45, 7) is 0. The second kappa shape index (κ2) is 7.13. The molecule has 2 aromatic carbocycles. The van der Waals surface area contributed by atoms with Crippen molar-refractivity contribution >= 4 is 43.8 Å². The Bertz CT molecular complexity index is 983. The van der Waals surface area contributed by atoms with Gasteiger partial charge in [-0.1, -0.05) is 29.8 Å². The molecule has 0 spiro atoms. The zero-order valence-corrected chi connectivity index (χ0v) is 16.0. The van der Waals surface area contributed by atoms with Crippen molar-refractivity contribution in [3.05, 3.63) is 58.9 Å². The fourth-order valence-electron chi connectivity index (χ4n) is 2.16. The molecule has 5 nitrogen and oxygen atoms in total. The quantitative estimate of drug-likeness (QED) is 0.695. The molecule has 0 aliphatic carbocycles. The molecule has 3 aromatic rings. The zero-order chi connectivity index (χ0) is 18.0. The average Bonchev–Trinajstić information content (AvgIpc) is 3.03. The molecule has 8 heteroatoms. The molecular formula is C17H16ClN3O2S2. The molecule has 0 amide bonds. The minimum atomic E-state index is -3.42. The van der Waals surface area contributed by atoms with Crippen molar-refractivity contribution in [1.82, 2.24) is 9.29 Å². The standard InChI is InChI=1S/C17H16ClN3O2S2/c1-21(2)25(22,23)15-8-6-12(7-9-15)16-11-24-17(20-16)19-14-5-3-4-13(18)10-14/h3-11H,1-2H3,(H,19,20). The molecule has 0 aliphatic rings. The largest absolute Gasteiger partial charge is 0.331 e. The highest BCUT2D eigenvalue weighted by Gasteiger charge is 2.17. The van der Waals surface area contributed by atoms with Crippen LogP contribution in [-0.4, -0.2) is 31.8 Å². The van der Waals surface area contributed by atoms with Crippen molar-refractivity contribution in [3.8, 4) is 11.3 Å². The lowest BCUT2D eigenvalue weighted by Gasteiger charge is -2.11. The van der Waals surface area contributed by atoms with Gasteiger partial charge in [-0.2, -0.15) is 0 Å². The first-order valence-electron chi connectivity index (χ1n) is 7.37. The Labute approximate surface area is 156 Å². The molecule has 130 valence electrons. The minimum Gasteiger partial charge on any atom is -0.331 e. The number of hydrogen-bond donors (Lipinski definition) is 1. The van der Waals surface area contributed by atoms with E-state index >= 15 is 0 Å². The number of benzene rings is 2. The molecule has 0 bridgehead atoms. The third-order valence-electron chi connectivity index (χ3n) is 3.51. The first-order valence-corrected chi connectivity index (χ1v) is 10.1. The Morgan fingerprint density at radius 1 is 1.12 bits per heavy atom. The Balaban J connectivity index is 1.81. The molecule has 3 rings (SSSR count). The highest BCUT2D eigenvalue weighted by molar-refractivity contribution is 7.89. The van der Waals surface area contributed by atoms with Gasteiger partial charge in [-0.15, -0.1) is 11.3 Å². The van der Waals surface area contributed by atoms with Crippen molar-refractivity contribution in [2.75, 3.05) is 19.4 Å². The third-order valence-corrected chi connectivity index (χ3v) is 6.33. The van der Waals surface area contributed by atoms with Crippen LogP contribution in [0.5, 0.6) is 0 Å². The summed E-state index contributed by atoms with van der Waals surface area (Å²) < 4.78 is 25.4. The van der Waals surface area contributed by atoms with Gasteiger partial charge in [-0.3, -0.25) is 0 Å². The van der Waals surface area contributed by atoms with Crippen LogP contribution in [0.1, 0.15) is 0 Å². The smallest absolute Gasteiger partial charge is 0.242 e. The van der Waals surface area contributed by atoms with Gasteiger partial charge < -0.3 is 5.32 Å². The number of nitrogens with zero attached hydrogens (tertiary/aromatic N) is 2. The molecule has 0 saturated heterocycles. The Morgan fingerprint density at radius 2 is 1.84 bits per heavy atom. The zero-order valence-electron chi connectivity index (χ0n) is 13.6. The highest BCUT2D eigenvalue weighted by Crippen LogP contribution is 2.28. The van der Waals surface area contributed by atoms with Crippen LogP contribution in [0.4, 0.5) is 10.8 Å². The van der Waals surface area contributed by atoms with Crippen LogP contribution in [0.2, 0.25) is 5.02 Å². The summed E-state index contributed by atoms with van der Waals surface area (Å²) in [6.07, 6.45) is 0. The molecule has 0 saturated carbocycles. The minimum absolute atomic E-state index is 0.258. The molecule has 0 aliphatic heterocycles. The maximum atomic E-state index is 12.1. The van der Waals surface area contributed by atoms with E-state index in [2.05, 4.69) is 10.3 Å². The van der Waals surface area contributed by atoms with E-state index < -0.39 is 10.0 Å². The van der Waals surface area contributed by atoms with Gasteiger partial charge in [0.1, 0.15) is 0 Å². The third kappa shape index (κ3) is 4.01. The van der Waals surface area contributed by atoms with E-state index in [1.165, 1.54) is 29.7 Å². The molecule has 1 N–H and O–H groups in total. The highest BCUT2D eigenvalue weighted by atomic mass is 35.5. The number of hydrogen-bond acceptors (Lipinski definition) is 5. The average molecular weight is 394 g/mol. The van der Waals surface area contributed by atoms with Gasteiger partial charge in [0.25, 0.3) is 0 Å². The first-order chi connectivity index (χ1) is 11.9. The summed E-state index contributed by atoms with van der Waals surface area (Å²) in [5.74, 6) is 0. The molecule has 25 heavy (non-hydrogen) atoms. The van der Waals surface area contributed by atoms with Crippen LogP contribution in [0.25, 0.3) is 11.3 Å². The first kappa shape index (κ1) is 17.9. The van der Waals surface area contributed by atoms with E-state index in [1.807, 2.05) is 29.6 Å². The summed E-state index contributed by atoms with van der Waals surface area (Å²) in [4.78, 5) is 4.79. The van der Waals surface area contributed by atoms with Gasteiger partial charge in [0.2, 0.25) is 10.0 Å². The van der Waals surface area contributed by atoms with Crippen molar-refractivity contribution in [2.45, 2.75) is 4.90 Å². The Hall–Kier alpha value is -1.93. The van der Waals surface area contributed by atoms with Gasteiger partial charge in [0, 0.05) is 35.7 Å². The normalized spacial score (nSPS) is 11.7. The van der Waals surface area contributed by atoms with Gasteiger partial charge in [0.05, 0.1) is 10.6 Å². The number of sulfonamides is 1. The monoisotopic (exact) mass is 393 g/mol. The van der Waals surface area contributed by atoms with Gasteiger partial charge in [-0.25, -0.2) is 17.7 Å². The number of nitrogens with one attached hydrogen (secondary N) is 1. The van der Waals surface area contributed by atoms with E-state index in [-0.39, 0.29) is 4.90 Å². The van der Waals surface area contributed by atoms with E-state index in [4.69, 9.17) is 11.6 Å². The van der Waals surface area contributed by atoms with Crippen LogP contribution >= 0.6 is 22.9 Å². The van der Waals surface area contributed by atoms with E-state index in [0.717, 1.165) is 22.1 Å². The van der Waals surface area contributed by atoms with E-state index in [1.54, 1.807) is 24.3 Å². The fourth-order valence-corrected chi connectivity index (χ4v) is 3.99. The number of thiazole rings is 1. The summed E-state index contributed by atoms with van der Waals surface area (Å²) in [6, 6.07) is 14.1. The van der Waals surface area contributed by atoms with E-state index in [9.17, 15) is 8.42 Å². The second-order valence-electron chi connectivity index (χ2n) is 5.49. The molecular weight excluding hydrogens is 378 g/mol. The lowest BCUT2D eigenvalue weighted by atomic mass is 10.2. The van der Waals surface area contributed by atoms with Crippen molar-refractivity contribution in [2.24, 2.45) is 0 Å². The lowest BCUT2D eigenvalue weighted by molar-refractivity contribution is 0.521. The Morgan fingerprint density at radius 3 is 2.48 bits per heavy atom. The van der Waals surface area contributed by atoms with Crippen LogP contribution in [0.15, 0.2) is 58.8 Å². The van der Waals surface area contributed by atoms with Crippen molar-refractivity contribution in [1.29, 1.82) is 0 Å². The van der Waals surface area contributed by atoms with Crippen LogP contribution < -0.4 is 5.32 Å².